The summed E-state index contributed by atoms with van der Waals surface area (Å²) in [4.78, 5) is 28.6. The van der Waals surface area contributed by atoms with E-state index in [0.29, 0.717) is 5.56 Å². The fraction of sp³-hybridized carbons (Fsp3) is 0.364. The number of benzene rings is 2. The molecule has 0 spiro atoms. The van der Waals surface area contributed by atoms with Crippen LogP contribution in [0.2, 0.25) is 0 Å². The Bertz CT molecular complexity index is 796. The summed E-state index contributed by atoms with van der Waals surface area (Å²) in [6, 6.07) is 17.1. The molecule has 0 radical (unpaired) electrons. The van der Waals surface area contributed by atoms with Crippen LogP contribution in [0.3, 0.4) is 0 Å². The highest BCUT2D eigenvalue weighted by atomic mass is 16.5. The Labute approximate surface area is 166 Å². The van der Waals surface area contributed by atoms with Gasteiger partial charge in [-0.3, -0.25) is 4.90 Å². The highest BCUT2D eigenvalue weighted by molar-refractivity contribution is 5.90. The van der Waals surface area contributed by atoms with Crippen molar-refractivity contribution < 1.29 is 14.3 Å². The van der Waals surface area contributed by atoms with Crippen LogP contribution in [0.15, 0.2) is 54.6 Å². The second kappa shape index (κ2) is 8.89. The van der Waals surface area contributed by atoms with E-state index in [9.17, 15) is 9.59 Å². The van der Waals surface area contributed by atoms with E-state index in [4.69, 9.17) is 4.74 Å². The number of nitrogens with one attached hydrogen (secondary N) is 1. The van der Waals surface area contributed by atoms with Gasteiger partial charge in [0.25, 0.3) is 0 Å². The molecule has 2 amide bonds. The number of piperazine rings is 1. The molecule has 1 aliphatic heterocycles. The Kier molecular flexibility index (Phi) is 6.31. The van der Waals surface area contributed by atoms with Gasteiger partial charge in [0.15, 0.2) is 0 Å². The maximum absolute atomic E-state index is 12.7. The summed E-state index contributed by atoms with van der Waals surface area (Å²) in [5.41, 5.74) is 2.49. The number of amides is 2. The van der Waals surface area contributed by atoms with Crippen LogP contribution in [-0.4, -0.2) is 54.1 Å². The van der Waals surface area contributed by atoms with Crippen LogP contribution in [-0.2, 0) is 11.3 Å². The molecule has 6 nitrogen and oxygen atoms in total. The minimum absolute atomic E-state index is 0.0618. The lowest BCUT2D eigenvalue weighted by molar-refractivity contribution is 0.0600. The van der Waals surface area contributed by atoms with Gasteiger partial charge in [-0.1, -0.05) is 30.3 Å². The van der Waals surface area contributed by atoms with Gasteiger partial charge in [0.05, 0.1) is 12.7 Å². The lowest BCUT2D eigenvalue weighted by atomic mass is 10.1. The fourth-order valence-electron chi connectivity index (χ4n) is 3.79. The first-order valence-electron chi connectivity index (χ1n) is 9.52. The molecule has 0 bridgehead atoms. The van der Waals surface area contributed by atoms with Crippen molar-refractivity contribution in [2.75, 3.05) is 25.5 Å². The Morgan fingerprint density at radius 3 is 2.18 bits per heavy atom. The zero-order valence-corrected chi connectivity index (χ0v) is 16.6. The molecule has 1 fully saturated rings. The summed E-state index contributed by atoms with van der Waals surface area (Å²) in [5, 5.41) is 2.98. The highest BCUT2D eigenvalue weighted by Gasteiger charge is 2.32. The quantitative estimate of drug-likeness (QED) is 0.822. The largest absolute Gasteiger partial charge is 0.465 e. The molecule has 1 heterocycles. The van der Waals surface area contributed by atoms with Crippen LogP contribution >= 0.6 is 0 Å². The molecule has 1 aliphatic rings. The maximum atomic E-state index is 12.7. The van der Waals surface area contributed by atoms with Crippen molar-refractivity contribution in [1.29, 1.82) is 0 Å². The molecule has 0 aliphatic carbocycles. The van der Waals surface area contributed by atoms with Crippen LogP contribution in [0, 0.1) is 0 Å². The van der Waals surface area contributed by atoms with Crippen LogP contribution in [0.4, 0.5) is 10.5 Å². The average molecular weight is 381 g/mol. The van der Waals surface area contributed by atoms with Gasteiger partial charge in [-0.05, 0) is 43.7 Å². The highest BCUT2D eigenvalue weighted by Crippen LogP contribution is 2.20. The molecule has 0 saturated carbocycles. The number of anilines is 1. The molecule has 28 heavy (non-hydrogen) atoms. The summed E-state index contributed by atoms with van der Waals surface area (Å²) < 4.78 is 4.74. The molecule has 6 heteroatoms. The normalized spacial score (nSPS) is 19.9. The van der Waals surface area contributed by atoms with Crippen molar-refractivity contribution in [3.05, 3.63) is 65.7 Å². The van der Waals surface area contributed by atoms with Crippen molar-refractivity contribution in [2.45, 2.75) is 32.5 Å². The Morgan fingerprint density at radius 1 is 1.00 bits per heavy atom. The number of hydrogen-bond donors (Lipinski definition) is 1. The molecule has 148 valence electrons. The van der Waals surface area contributed by atoms with Crippen molar-refractivity contribution in [3.8, 4) is 0 Å². The number of ether oxygens (including phenoxy) is 1. The molecule has 2 aromatic rings. The lowest BCUT2D eigenvalue weighted by Gasteiger charge is -2.44. The van der Waals surface area contributed by atoms with Crippen molar-refractivity contribution in [3.63, 3.8) is 0 Å². The van der Waals surface area contributed by atoms with Gasteiger partial charge in [-0.25, -0.2) is 9.59 Å². The lowest BCUT2D eigenvalue weighted by Crippen LogP contribution is -2.59. The molecule has 0 aromatic heterocycles. The Morgan fingerprint density at radius 2 is 1.61 bits per heavy atom. The first-order chi connectivity index (χ1) is 13.5. The minimum Gasteiger partial charge on any atom is -0.465 e. The molecular formula is C22H27N3O3. The summed E-state index contributed by atoms with van der Waals surface area (Å²) >= 11 is 0. The van der Waals surface area contributed by atoms with Crippen molar-refractivity contribution in [2.24, 2.45) is 0 Å². The van der Waals surface area contributed by atoms with Crippen LogP contribution < -0.4 is 5.32 Å². The van der Waals surface area contributed by atoms with Gasteiger partial charge >= 0.3 is 12.0 Å². The molecule has 2 atom stereocenters. The number of methoxy groups -OCH3 is 1. The third-order valence-electron chi connectivity index (χ3n) is 5.04. The van der Waals surface area contributed by atoms with E-state index >= 15 is 0 Å². The number of rotatable bonds is 4. The van der Waals surface area contributed by atoms with Crippen LogP contribution in [0.5, 0.6) is 0 Å². The Hall–Kier alpha value is -2.86. The smallest absolute Gasteiger partial charge is 0.337 e. The summed E-state index contributed by atoms with van der Waals surface area (Å²) in [7, 11) is 1.38. The number of carbonyl (C=O) groups is 2. The van der Waals surface area contributed by atoms with E-state index in [2.05, 4.69) is 24.1 Å². The van der Waals surface area contributed by atoms with E-state index < -0.39 is 0 Å². The third-order valence-corrected chi connectivity index (χ3v) is 5.04. The van der Waals surface area contributed by atoms with Crippen molar-refractivity contribution in [1.82, 2.24) is 9.80 Å². The second-order valence-corrected chi connectivity index (χ2v) is 7.28. The van der Waals surface area contributed by atoms with Gasteiger partial charge in [0, 0.05) is 37.4 Å². The molecule has 2 aromatic carbocycles. The number of hydrogen-bond acceptors (Lipinski definition) is 4. The Balaban J connectivity index is 1.59. The number of para-hydroxylation sites is 1. The molecule has 0 unspecified atom stereocenters. The van der Waals surface area contributed by atoms with Crippen LogP contribution in [0.25, 0.3) is 0 Å². The van der Waals surface area contributed by atoms with E-state index in [-0.39, 0.29) is 24.1 Å². The number of esters is 1. The van der Waals surface area contributed by atoms with Gasteiger partial charge < -0.3 is 15.0 Å². The van der Waals surface area contributed by atoms with E-state index in [0.717, 1.165) is 30.9 Å². The minimum atomic E-state index is -0.327. The predicted molar refractivity (Wildman–Crippen MR) is 109 cm³/mol. The topological polar surface area (TPSA) is 61.9 Å². The van der Waals surface area contributed by atoms with E-state index in [1.165, 1.54) is 7.11 Å². The van der Waals surface area contributed by atoms with Crippen LogP contribution in [0.1, 0.15) is 29.8 Å². The number of urea groups is 1. The number of nitrogens with zero attached hydrogens (tertiary/aromatic N) is 2. The first-order valence-corrected chi connectivity index (χ1v) is 9.52. The average Bonchev–Trinajstić information content (AvgIpc) is 2.68. The maximum Gasteiger partial charge on any atom is 0.337 e. The van der Waals surface area contributed by atoms with Gasteiger partial charge in [0.1, 0.15) is 0 Å². The van der Waals surface area contributed by atoms with Gasteiger partial charge in [0.2, 0.25) is 0 Å². The zero-order valence-electron chi connectivity index (χ0n) is 16.6. The molecule has 1 N–H and O–H groups in total. The summed E-state index contributed by atoms with van der Waals surface area (Å²) in [5.74, 6) is -0.327. The SMILES string of the molecule is COC(=O)c1ccc(CN2C[C@@H](C)N(C(=O)Nc3ccccc3)[C@@H](C)C2)cc1. The molecular weight excluding hydrogens is 354 g/mol. The fourth-order valence-corrected chi connectivity index (χ4v) is 3.79. The second-order valence-electron chi connectivity index (χ2n) is 7.28. The van der Waals surface area contributed by atoms with Gasteiger partial charge in [-0.2, -0.15) is 0 Å². The third kappa shape index (κ3) is 4.70. The first kappa shape index (κ1) is 19.9. The molecule has 3 rings (SSSR count). The molecule has 1 saturated heterocycles. The summed E-state index contributed by atoms with van der Waals surface area (Å²) in [6.45, 7) is 6.53. The number of carbonyl (C=O) groups excluding carboxylic acids is 2. The monoisotopic (exact) mass is 381 g/mol. The predicted octanol–water partition coefficient (Wildman–Crippen LogP) is 3.60. The standard InChI is InChI=1S/C22H27N3O3/c1-16-13-24(15-18-9-11-19(12-10-18)21(26)28-3)14-17(2)25(16)22(27)23-20-7-5-4-6-8-20/h4-12,16-17H,13-15H2,1-3H3,(H,23,27)/t16-,17+. The van der Waals surface area contributed by atoms with Gasteiger partial charge in [-0.15, -0.1) is 0 Å². The van der Waals surface area contributed by atoms with E-state index in [1.807, 2.05) is 47.4 Å². The zero-order chi connectivity index (χ0) is 20.1. The van der Waals surface area contributed by atoms with Crippen molar-refractivity contribution >= 4 is 17.7 Å². The summed E-state index contributed by atoms with van der Waals surface area (Å²) in [6.07, 6.45) is 0. The van der Waals surface area contributed by atoms with E-state index in [1.54, 1.807) is 12.1 Å².